The first-order valence-corrected chi connectivity index (χ1v) is 10.4. The van der Waals surface area contributed by atoms with E-state index in [1.807, 2.05) is 6.07 Å². The topological polar surface area (TPSA) is 48.1 Å². The van der Waals surface area contributed by atoms with Gasteiger partial charge in [0, 0.05) is 41.3 Å². The average molecular weight is 354 g/mol. The molecule has 4 heteroatoms. The lowest BCUT2D eigenvalue weighted by Gasteiger charge is -2.33. The maximum Gasteiger partial charge on any atom is 0.251 e. The summed E-state index contributed by atoms with van der Waals surface area (Å²) in [6, 6.07) is 6.80. The minimum atomic E-state index is 0.0596. The summed E-state index contributed by atoms with van der Waals surface area (Å²) in [6.07, 6.45) is 9.81. The molecule has 1 saturated heterocycles. The Balaban J connectivity index is 1.34. The van der Waals surface area contributed by atoms with Crippen molar-refractivity contribution in [2.45, 2.75) is 64.3 Å². The number of nitrogens with zero attached hydrogens (tertiary/aromatic N) is 1. The van der Waals surface area contributed by atoms with Crippen molar-refractivity contribution in [2.24, 2.45) is 0 Å². The number of hydrogen-bond donors (Lipinski definition) is 2. The zero-order valence-corrected chi connectivity index (χ0v) is 15.9. The number of aromatic amines is 1. The van der Waals surface area contributed by atoms with Gasteiger partial charge in [-0.15, -0.1) is 0 Å². The molecule has 26 heavy (non-hydrogen) atoms. The molecule has 1 aliphatic carbocycles. The summed E-state index contributed by atoms with van der Waals surface area (Å²) < 4.78 is 0. The minimum Gasteiger partial charge on any atom is -0.358 e. The monoisotopic (exact) mass is 353 g/mol. The quantitative estimate of drug-likeness (QED) is 0.797. The largest absolute Gasteiger partial charge is 0.358 e. The summed E-state index contributed by atoms with van der Waals surface area (Å²) in [6.45, 7) is 5.38. The molecule has 1 aromatic heterocycles. The van der Waals surface area contributed by atoms with Crippen molar-refractivity contribution in [3.63, 3.8) is 0 Å². The number of nitrogens with one attached hydrogen (secondary N) is 2. The molecule has 4 nitrogen and oxygen atoms in total. The van der Waals surface area contributed by atoms with E-state index in [1.165, 1.54) is 60.8 Å². The van der Waals surface area contributed by atoms with Gasteiger partial charge in [0.05, 0.1) is 0 Å². The fourth-order valence-corrected chi connectivity index (χ4v) is 4.62. The van der Waals surface area contributed by atoms with Crippen molar-refractivity contribution < 1.29 is 4.79 Å². The fourth-order valence-electron chi connectivity index (χ4n) is 4.62. The minimum absolute atomic E-state index is 0.0596. The van der Waals surface area contributed by atoms with Gasteiger partial charge in [-0.1, -0.05) is 6.42 Å². The number of aromatic nitrogens is 1. The second-order valence-electron chi connectivity index (χ2n) is 8.04. The number of benzene rings is 1. The van der Waals surface area contributed by atoms with E-state index in [9.17, 15) is 4.79 Å². The first-order valence-electron chi connectivity index (χ1n) is 10.4. The lowest BCUT2D eigenvalue weighted by Crippen LogP contribution is -2.39. The summed E-state index contributed by atoms with van der Waals surface area (Å²) >= 11 is 0. The summed E-state index contributed by atoms with van der Waals surface area (Å²) in [4.78, 5) is 18.7. The normalized spacial score (nSPS) is 20.9. The lowest BCUT2D eigenvalue weighted by molar-refractivity contribution is 0.0949. The number of rotatable bonds is 5. The van der Waals surface area contributed by atoms with Crippen LogP contribution in [0.1, 0.15) is 67.1 Å². The third-order valence-electron chi connectivity index (χ3n) is 6.21. The lowest BCUT2D eigenvalue weighted by atomic mass is 9.95. The van der Waals surface area contributed by atoms with Crippen molar-refractivity contribution in [3.8, 4) is 0 Å². The molecule has 0 bridgehead atoms. The van der Waals surface area contributed by atoms with E-state index in [0.717, 1.165) is 37.9 Å². The molecule has 4 rings (SSSR count). The van der Waals surface area contributed by atoms with Gasteiger partial charge in [-0.05, 0) is 82.2 Å². The van der Waals surface area contributed by atoms with Crippen LogP contribution in [0.3, 0.4) is 0 Å². The van der Waals surface area contributed by atoms with Crippen LogP contribution in [-0.2, 0) is 12.8 Å². The van der Waals surface area contributed by atoms with Gasteiger partial charge in [0.2, 0.25) is 0 Å². The van der Waals surface area contributed by atoms with Crippen molar-refractivity contribution in [3.05, 3.63) is 35.0 Å². The Morgan fingerprint density at radius 1 is 1.23 bits per heavy atom. The predicted molar refractivity (Wildman–Crippen MR) is 107 cm³/mol. The average Bonchev–Trinajstić information content (AvgIpc) is 3.04. The first-order chi connectivity index (χ1) is 12.7. The van der Waals surface area contributed by atoms with E-state index >= 15 is 0 Å². The number of H-pyrrole nitrogens is 1. The van der Waals surface area contributed by atoms with Gasteiger partial charge in [0.15, 0.2) is 0 Å². The highest BCUT2D eigenvalue weighted by molar-refractivity contribution is 5.99. The molecule has 1 aromatic carbocycles. The number of carbonyl (C=O) groups is 1. The standard InChI is InChI=1S/C22H31N3O/c1-16-7-4-5-13-25(16)14-6-12-23-22(26)17-10-11-21-19(15-17)18-8-2-3-9-20(18)24-21/h10-11,15-16,24H,2-9,12-14H2,1H3,(H,23,26). The third-order valence-corrected chi connectivity index (χ3v) is 6.21. The van der Waals surface area contributed by atoms with Gasteiger partial charge in [-0.2, -0.15) is 0 Å². The number of piperidine rings is 1. The van der Waals surface area contributed by atoms with E-state index in [1.54, 1.807) is 0 Å². The van der Waals surface area contributed by atoms with Crippen LogP contribution < -0.4 is 5.32 Å². The molecule has 2 heterocycles. The molecule has 1 aliphatic heterocycles. The smallest absolute Gasteiger partial charge is 0.251 e. The number of likely N-dealkylation sites (tertiary alicyclic amines) is 1. The number of hydrogen-bond acceptors (Lipinski definition) is 2. The maximum absolute atomic E-state index is 12.6. The molecule has 1 unspecified atom stereocenters. The van der Waals surface area contributed by atoms with Gasteiger partial charge >= 0.3 is 0 Å². The Hall–Kier alpha value is -1.81. The molecular weight excluding hydrogens is 322 g/mol. The van der Waals surface area contributed by atoms with E-state index in [2.05, 4.69) is 34.3 Å². The summed E-state index contributed by atoms with van der Waals surface area (Å²) in [7, 11) is 0. The Morgan fingerprint density at radius 2 is 2.12 bits per heavy atom. The number of carbonyl (C=O) groups excluding carboxylic acids is 1. The van der Waals surface area contributed by atoms with Gasteiger partial charge in [0.1, 0.15) is 0 Å². The van der Waals surface area contributed by atoms with Crippen LogP contribution in [-0.4, -0.2) is 41.5 Å². The second kappa shape index (κ2) is 7.83. The number of amides is 1. The molecule has 140 valence electrons. The Kier molecular flexibility index (Phi) is 5.30. The molecule has 2 N–H and O–H groups in total. The number of fused-ring (bicyclic) bond motifs is 3. The molecular formula is C22H31N3O. The Bertz CT molecular complexity index is 779. The highest BCUT2D eigenvalue weighted by atomic mass is 16.1. The maximum atomic E-state index is 12.6. The predicted octanol–water partition coefficient (Wildman–Crippen LogP) is 4.04. The van der Waals surface area contributed by atoms with Gasteiger partial charge in [0.25, 0.3) is 5.91 Å². The molecule has 1 atom stereocenters. The molecule has 2 aromatic rings. The first kappa shape index (κ1) is 17.6. The summed E-state index contributed by atoms with van der Waals surface area (Å²) in [5.41, 5.74) is 4.77. The molecule has 0 saturated carbocycles. The Labute approximate surface area is 156 Å². The van der Waals surface area contributed by atoms with Crippen LogP contribution in [0.25, 0.3) is 10.9 Å². The van der Waals surface area contributed by atoms with E-state index in [-0.39, 0.29) is 5.91 Å². The van der Waals surface area contributed by atoms with Crippen LogP contribution in [0, 0.1) is 0 Å². The van der Waals surface area contributed by atoms with E-state index < -0.39 is 0 Å². The van der Waals surface area contributed by atoms with Crippen LogP contribution in [0.5, 0.6) is 0 Å². The second-order valence-corrected chi connectivity index (χ2v) is 8.04. The van der Waals surface area contributed by atoms with Crippen molar-refractivity contribution in [1.29, 1.82) is 0 Å². The van der Waals surface area contributed by atoms with Crippen LogP contribution >= 0.6 is 0 Å². The van der Waals surface area contributed by atoms with Crippen LogP contribution in [0.15, 0.2) is 18.2 Å². The summed E-state index contributed by atoms with van der Waals surface area (Å²) in [5, 5.41) is 4.36. The zero-order chi connectivity index (χ0) is 17.9. The molecule has 1 fully saturated rings. The van der Waals surface area contributed by atoms with Gasteiger partial charge in [-0.25, -0.2) is 0 Å². The van der Waals surface area contributed by atoms with Crippen LogP contribution in [0.4, 0.5) is 0 Å². The highest BCUT2D eigenvalue weighted by Crippen LogP contribution is 2.29. The Morgan fingerprint density at radius 3 is 3.00 bits per heavy atom. The summed E-state index contributed by atoms with van der Waals surface area (Å²) in [5.74, 6) is 0.0596. The van der Waals surface area contributed by atoms with Gasteiger partial charge in [-0.3, -0.25) is 4.79 Å². The molecule has 0 spiro atoms. The van der Waals surface area contributed by atoms with Crippen molar-refractivity contribution in [2.75, 3.05) is 19.6 Å². The molecule has 2 aliphatic rings. The van der Waals surface area contributed by atoms with E-state index in [0.29, 0.717) is 6.04 Å². The number of aryl methyl sites for hydroxylation is 2. The molecule has 1 amide bonds. The molecule has 0 radical (unpaired) electrons. The SMILES string of the molecule is CC1CCCCN1CCCNC(=O)c1ccc2[nH]c3c(c2c1)CCCC3. The highest BCUT2D eigenvalue weighted by Gasteiger charge is 2.18. The van der Waals surface area contributed by atoms with Crippen LogP contribution in [0.2, 0.25) is 0 Å². The van der Waals surface area contributed by atoms with Crippen molar-refractivity contribution >= 4 is 16.8 Å². The third kappa shape index (κ3) is 3.66. The van der Waals surface area contributed by atoms with E-state index in [4.69, 9.17) is 0 Å². The zero-order valence-electron chi connectivity index (χ0n) is 15.9. The van der Waals surface area contributed by atoms with Gasteiger partial charge < -0.3 is 15.2 Å². The van der Waals surface area contributed by atoms with Crippen molar-refractivity contribution in [1.82, 2.24) is 15.2 Å². The fraction of sp³-hybridized carbons (Fsp3) is 0.591.